The van der Waals surface area contributed by atoms with Crippen LogP contribution in [0, 0.1) is 40.4 Å². The van der Waals surface area contributed by atoms with Crippen LogP contribution >= 0.6 is 0 Å². The van der Waals surface area contributed by atoms with Crippen molar-refractivity contribution in [3.63, 3.8) is 0 Å². The number of hydrogen-bond donors (Lipinski definition) is 13. The van der Waals surface area contributed by atoms with E-state index in [0.717, 1.165) is 24.8 Å². The van der Waals surface area contributed by atoms with Gasteiger partial charge in [0.1, 0.15) is 104 Å². The molecule has 6 heterocycles. The van der Waals surface area contributed by atoms with E-state index < -0.39 is 205 Å². The van der Waals surface area contributed by atoms with Crippen molar-refractivity contribution in [2.24, 2.45) is 40.4 Å². The van der Waals surface area contributed by atoms with E-state index in [9.17, 15) is 79.4 Å². The molecule has 9 fully saturated rings. The Hall–Kier alpha value is -0.350. The van der Waals surface area contributed by atoms with Gasteiger partial charge in [-0.15, -0.1) is 0 Å². The first-order valence-electron chi connectivity index (χ1n) is 30.6. The Balaban J connectivity index is 0.00000902. The van der Waals surface area contributed by atoms with E-state index in [-0.39, 0.29) is 72.4 Å². The van der Waals surface area contributed by atoms with Crippen molar-refractivity contribution in [2.75, 3.05) is 6.61 Å². The maximum absolute atomic E-state index is 12.5. The van der Waals surface area contributed by atoms with Gasteiger partial charge in [0.05, 0.1) is 54.9 Å². The minimum absolute atomic E-state index is 0. The summed E-state index contributed by atoms with van der Waals surface area (Å²) in [4.78, 5) is 0. The minimum Gasteiger partial charge on any atom is -0.726 e. The predicted octanol–water partition coefficient (Wildman–Crippen LogP) is -5.82. The molecule has 10 aliphatic rings. The summed E-state index contributed by atoms with van der Waals surface area (Å²) in [5.74, 6) is -0.443. The van der Waals surface area contributed by atoms with Crippen molar-refractivity contribution in [1.82, 2.24) is 0 Å². The maximum Gasteiger partial charge on any atom is 1.00 e. The Kier molecular flexibility index (Phi) is 22.1. The van der Waals surface area contributed by atoms with Crippen molar-refractivity contribution in [1.29, 1.82) is 0 Å². The molecule has 0 aromatic heterocycles. The molecule has 36 atom stereocenters. The van der Waals surface area contributed by atoms with Crippen molar-refractivity contribution in [2.45, 2.75) is 297 Å². The molecule has 0 bridgehead atoms. The zero-order valence-corrected chi connectivity index (χ0v) is 53.7. The quantitative estimate of drug-likeness (QED) is 0.0212. The number of ether oxygens (including phenoxy) is 11. The van der Waals surface area contributed by atoms with Gasteiger partial charge in [0, 0.05) is 0 Å². The van der Waals surface area contributed by atoms with Crippen LogP contribution in [0.5, 0.6) is 0 Å². The molecule has 13 N–H and O–H groups in total. The van der Waals surface area contributed by atoms with Gasteiger partial charge in [0.15, 0.2) is 31.5 Å². The SMILES string of the molecule is CC(C)C[C@@H]1O[C@H]1[C@](C)(O)[C@@H]1CCC2C3CC(O[C@@H]4OC(CO)[C@@H](O)C(O[C@@H]5OC(C)[C@@H](O[C@@H]6OC(C)[C@@H](O)C(O)C6O[C@@H]6OC(C)[C@H](O)C(O)C6O)C(O)C5O[C@@H]5OC(C)[C@@H](O)C(O)C5O)C4O)C4C[C@@H](OS(=O)(=O)[O-])CC[C@]4(C)C3=CC[C@@]21C.[Na+]. The third kappa shape index (κ3) is 13.6. The summed E-state index contributed by atoms with van der Waals surface area (Å²) < 4.78 is 109. The van der Waals surface area contributed by atoms with Crippen LogP contribution in [0.25, 0.3) is 0 Å². The van der Waals surface area contributed by atoms with E-state index in [1.807, 2.05) is 6.92 Å². The van der Waals surface area contributed by atoms with Crippen LogP contribution in [-0.2, 0) is 66.7 Å². The van der Waals surface area contributed by atoms with Crippen LogP contribution in [0.1, 0.15) is 114 Å². The zero-order valence-electron chi connectivity index (χ0n) is 50.9. The fourth-order valence-corrected chi connectivity index (χ4v) is 16.9. The average Bonchev–Trinajstić information content (AvgIpc) is 1.67. The molecule has 4 aliphatic carbocycles. The summed E-state index contributed by atoms with van der Waals surface area (Å²) in [7, 11) is -5.14. The molecule has 0 spiro atoms. The second kappa shape index (κ2) is 27.0. The molecule has 19 unspecified atom stereocenters. The van der Waals surface area contributed by atoms with E-state index in [1.165, 1.54) is 27.7 Å². The van der Waals surface area contributed by atoms with E-state index in [4.69, 9.17) is 56.3 Å². The van der Waals surface area contributed by atoms with Gasteiger partial charge in [-0.1, -0.05) is 39.3 Å². The molecule has 28 nitrogen and oxygen atoms in total. The molecule has 3 saturated carbocycles. The molecule has 0 aromatic rings. The Morgan fingerprint density at radius 3 is 1.68 bits per heavy atom. The standard InChI is InChI=1S/C57H94O28S.Na/c1-20(2)16-31-49(78-31)57(9,70)33-11-10-27-26-18-30(29-17-25(85-86(71,72)73)12-14-55(29,7)28(26)13-15-56(27,33)8)79-52-44(69)46(37(62)32(19-58)80-52)82-54-48(84-51-42(67)39(64)35(60)22(4)75-51)43(68)45(24(6)77-54)81-53-47(40(65)36(61)23(5)76-53)83-50-41(66)38(63)34(59)21(3)74-50;/h13,20-27,29-54,58-70H,10-12,14-19H2,1-9H3,(H,71,72,73);/q;+1/p-1/t21?,22?,23?,24?,25-,26?,27?,29?,30?,31-,32?,33+,34-,35+,36+,37+,38?,39?,40?,41?,42?,43?,44?,45+,46?,47?,48?,49+,50-,51-,52+,53-,54-,55+,56-,57+;/m0./s1. The van der Waals surface area contributed by atoms with Crippen LogP contribution in [-0.4, -0.2) is 270 Å². The van der Waals surface area contributed by atoms with Gasteiger partial charge in [-0.3, -0.25) is 4.18 Å². The maximum atomic E-state index is 12.5. The summed E-state index contributed by atoms with van der Waals surface area (Å²) >= 11 is 0. The summed E-state index contributed by atoms with van der Waals surface area (Å²) in [6.45, 7) is 15.1. The third-order valence-electron chi connectivity index (χ3n) is 21.2. The number of epoxide rings is 1. The molecule has 6 aliphatic heterocycles. The Labute approximate surface area is 528 Å². The Morgan fingerprint density at radius 1 is 0.598 bits per heavy atom. The van der Waals surface area contributed by atoms with Crippen molar-refractivity contribution in [3.8, 4) is 0 Å². The number of allylic oxidation sites excluding steroid dienone is 2. The van der Waals surface area contributed by atoms with Gasteiger partial charge < -0.3 is 123 Å². The van der Waals surface area contributed by atoms with Crippen LogP contribution in [0.4, 0.5) is 0 Å². The van der Waals surface area contributed by atoms with E-state index in [2.05, 4.69) is 33.8 Å². The third-order valence-corrected chi connectivity index (χ3v) is 21.8. The smallest absolute Gasteiger partial charge is 0.726 e. The molecule has 496 valence electrons. The molecule has 10 rings (SSSR count). The van der Waals surface area contributed by atoms with Gasteiger partial charge in [0.25, 0.3) is 0 Å². The van der Waals surface area contributed by atoms with Crippen LogP contribution < -0.4 is 29.6 Å². The van der Waals surface area contributed by atoms with Gasteiger partial charge in [-0.05, 0) is 126 Å². The second-order valence-corrected chi connectivity index (χ2v) is 28.4. The number of fused-ring (bicyclic) bond motifs is 5. The first kappa shape index (κ1) is 71.0. The fourth-order valence-electron chi connectivity index (χ4n) is 16.4. The summed E-state index contributed by atoms with van der Waals surface area (Å²) in [5, 5.41) is 147. The second-order valence-electron chi connectivity index (χ2n) is 27.4. The monoisotopic (exact) mass is 1280 g/mol. The van der Waals surface area contributed by atoms with Crippen LogP contribution in [0.2, 0.25) is 0 Å². The van der Waals surface area contributed by atoms with Crippen LogP contribution in [0.3, 0.4) is 0 Å². The molecule has 0 amide bonds. The average molecular weight is 1280 g/mol. The van der Waals surface area contributed by atoms with Crippen molar-refractivity contribution in [3.05, 3.63) is 11.6 Å². The molecule has 87 heavy (non-hydrogen) atoms. The van der Waals surface area contributed by atoms with Gasteiger partial charge >= 0.3 is 29.6 Å². The van der Waals surface area contributed by atoms with E-state index in [0.29, 0.717) is 25.2 Å². The van der Waals surface area contributed by atoms with E-state index >= 15 is 0 Å². The van der Waals surface area contributed by atoms with Crippen molar-refractivity contribution < 1.29 is 165 Å². The Bertz CT molecular complexity index is 2470. The first-order valence-corrected chi connectivity index (χ1v) is 31.9. The molecule has 0 radical (unpaired) electrons. The first-order chi connectivity index (χ1) is 40.2. The fraction of sp³-hybridized carbons (Fsp3) is 0.965. The number of aliphatic hydroxyl groups excluding tert-OH is 12. The van der Waals surface area contributed by atoms with Crippen LogP contribution in [0.15, 0.2) is 11.6 Å². The normalized spacial score (nSPS) is 53.5. The largest absolute Gasteiger partial charge is 1.00 e. The van der Waals surface area contributed by atoms with Gasteiger partial charge in [-0.2, -0.15) is 0 Å². The predicted molar refractivity (Wildman–Crippen MR) is 287 cm³/mol. The summed E-state index contributed by atoms with van der Waals surface area (Å²) in [5.41, 5.74) is -1.06. The molecule has 6 saturated heterocycles. The van der Waals surface area contributed by atoms with Crippen molar-refractivity contribution >= 4 is 10.4 Å². The number of hydrogen-bond acceptors (Lipinski definition) is 28. The molecule has 0 aromatic carbocycles. The molecular formula is C57H93NaO28S. The minimum atomic E-state index is -5.14. The number of rotatable bonds is 17. The summed E-state index contributed by atoms with van der Waals surface area (Å²) in [6, 6.07) is 0. The Morgan fingerprint density at radius 2 is 1.11 bits per heavy atom. The zero-order chi connectivity index (χ0) is 62.8. The summed E-state index contributed by atoms with van der Waals surface area (Å²) in [6.07, 6.45) is -38.4. The molecule has 30 heteroatoms. The number of aliphatic hydroxyl groups is 13. The molecular weight excluding hydrogens is 1190 g/mol. The van der Waals surface area contributed by atoms with Gasteiger partial charge in [0.2, 0.25) is 10.4 Å². The topological polar surface area (TPSA) is 434 Å². The van der Waals surface area contributed by atoms with E-state index in [1.54, 1.807) is 0 Å². The van der Waals surface area contributed by atoms with Gasteiger partial charge in [-0.25, -0.2) is 8.42 Å².